The summed E-state index contributed by atoms with van der Waals surface area (Å²) in [6, 6.07) is 0. The molecule has 1 aliphatic heterocycles. The van der Waals surface area contributed by atoms with Gasteiger partial charge in [-0.3, -0.25) is 5.43 Å². The molecule has 0 amide bonds. The lowest BCUT2D eigenvalue weighted by molar-refractivity contribution is 0.198. The fraction of sp³-hybridized carbons (Fsp3) is 0.500. The number of rotatable bonds is 0. The maximum Gasteiger partial charge on any atom is 0.240 e. The molecule has 1 aliphatic rings. The smallest absolute Gasteiger partial charge is 0.240 e. The Bertz CT molecular complexity index is 133. The van der Waals surface area contributed by atoms with Crippen LogP contribution in [0.1, 0.15) is 0 Å². The van der Waals surface area contributed by atoms with Crippen LogP contribution >= 0.6 is 12.8 Å². The van der Waals surface area contributed by atoms with E-state index in [2.05, 4.69) is 23.2 Å². The van der Waals surface area contributed by atoms with Crippen molar-refractivity contribution in [1.29, 1.82) is 0 Å². The Balaban J connectivity index is 2.55. The molecule has 0 saturated carbocycles. The van der Waals surface area contributed by atoms with Crippen LogP contribution < -0.4 is 17.1 Å². The minimum absolute atomic E-state index is 0.407. The van der Waals surface area contributed by atoms with E-state index in [9.17, 15) is 0 Å². The quantitative estimate of drug-likeness (QED) is 0.182. The van der Waals surface area contributed by atoms with Gasteiger partial charge >= 0.3 is 0 Å². The summed E-state index contributed by atoms with van der Waals surface area (Å²) in [6.45, 7) is 0.416. The first-order valence-corrected chi connectivity index (χ1v) is 2.68. The number of nitrogens with two attached hydrogens (primary N) is 2. The second kappa shape index (κ2) is 2.40. The van der Waals surface area contributed by atoms with Gasteiger partial charge in [0.1, 0.15) is 6.67 Å². The van der Waals surface area contributed by atoms with Crippen LogP contribution in [0.4, 0.5) is 0 Å². The molecule has 5 N–H and O–H groups in total. The summed E-state index contributed by atoms with van der Waals surface area (Å²) in [5.74, 6) is 10.8. The molecule has 0 aromatic heterocycles. The first-order valence-electron chi connectivity index (χ1n) is 2.28. The van der Waals surface area contributed by atoms with Crippen molar-refractivity contribution in [3.05, 3.63) is 0 Å². The molecule has 52 valence electrons. The second-order valence-electron chi connectivity index (χ2n) is 1.48. The van der Waals surface area contributed by atoms with Gasteiger partial charge in [0.15, 0.2) is 0 Å². The predicted octanol–water partition coefficient (Wildman–Crippen LogP) is -1.99. The van der Waals surface area contributed by atoms with Crippen LogP contribution in [0, 0.1) is 0 Å². The van der Waals surface area contributed by atoms with Crippen molar-refractivity contribution in [2.75, 3.05) is 6.67 Å². The Kier molecular flexibility index (Phi) is 1.76. The van der Waals surface area contributed by atoms with Gasteiger partial charge in [-0.2, -0.15) is 5.12 Å². The molecule has 0 spiro atoms. The molecule has 0 radical (unpaired) electrons. The van der Waals surface area contributed by atoms with Crippen LogP contribution in [0.25, 0.3) is 0 Å². The van der Waals surface area contributed by atoms with Crippen LogP contribution in [0.5, 0.6) is 0 Å². The lowest BCUT2D eigenvalue weighted by Crippen LogP contribution is -2.49. The van der Waals surface area contributed by atoms with E-state index >= 15 is 0 Å². The topological polar surface area (TPSA) is 82.9 Å². The Morgan fingerprint density at radius 2 is 2.44 bits per heavy atom. The standard InChI is InChI=1S/C2H8N6S/c3-6-2-5-1-7(9)8(2)4/h9H,1,3-4H2,(H,5,6). The summed E-state index contributed by atoms with van der Waals surface area (Å²) in [6.07, 6.45) is 0. The lowest BCUT2D eigenvalue weighted by atomic mass is 11.0. The zero-order valence-corrected chi connectivity index (χ0v) is 5.55. The van der Waals surface area contributed by atoms with E-state index in [1.54, 1.807) is 0 Å². The van der Waals surface area contributed by atoms with E-state index in [-0.39, 0.29) is 0 Å². The number of hydrogen-bond donors (Lipinski definition) is 4. The summed E-state index contributed by atoms with van der Waals surface area (Å²) in [7, 11) is 0. The lowest BCUT2D eigenvalue weighted by Gasteiger charge is -2.18. The molecule has 0 unspecified atom stereocenters. The fourth-order valence-electron chi connectivity index (χ4n) is 0.492. The molecule has 0 aromatic rings. The van der Waals surface area contributed by atoms with Crippen molar-refractivity contribution < 1.29 is 0 Å². The van der Waals surface area contributed by atoms with Crippen LogP contribution in [-0.2, 0) is 0 Å². The van der Waals surface area contributed by atoms with Gasteiger partial charge in [-0.25, -0.2) is 16.7 Å². The molecular weight excluding hydrogens is 140 g/mol. The Morgan fingerprint density at radius 3 is 2.67 bits per heavy atom. The molecule has 7 heteroatoms. The zero-order chi connectivity index (χ0) is 6.85. The number of thiol groups is 1. The highest BCUT2D eigenvalue weighted by atomic mass is 32.1. The normalized spacial score (nSPS) is 20.3. The van der Waals surface area contributed by atoms with E-state index in [1.165, 1.54) is 9.53 Å². The van der Waals surface area contributed by atoms with Gasteiger partial charge in [0.05, 0.1) is 0 Å². The average molecular weight is 148 g/mol. The number of nitrogens with zero attached hydrogens (tertiary/aromatic N) is 3. The molecular formula is C2H8N6S. The number of nitrogens with one attached hydrogen (secondary N) is 1. The summed E-state index contributed by atoms with van der Waals surface area (Å²) in [5, 5.41) is 1.21. The first-order chi connectivity index (χ1) is 4.25. The monoisotopic (exact) mass is 148 g/mol. The van der Waals surface area contributed by atoms with Gasteiger partial charge in [-0.1, -0.05) is 12.8 Å². The maximum atomic E-state index is 5.34. The third kappa shape index (κ3) is 1.08. The summed E-state index contributed by atoms with van der Waals surface area (Å²) >= 11 is 3.92. The Morgan fingerprint density at radius 1 is 1.78 bits per heavy atom. The summed E-state index contributed by atoms with van der Waals surface area (Å²) in [5.41, 5.74) is 2.30. The second-order valence-corrected chi connectivity index (χ2v) is 1.95. The number of hydrogen-bond acceptors (Lipinski definition) is 7. The number of guanidine groups is 1. The minimum Gasteiger partial charge on any atom is -0.292 e. The van der Waals surface area contributed by atoms with E-state index < -0.39 is 0 Å². The number of aliphatic imine (C=N–C) groups is 1. The molecule has 1 heterocycles. The van der Waals surface area contributed by atoms with Crippen LogP contribution in [0.15, 0.2) is 4.99 Å². The van der Waals surface area contributed by atoms with Crippen LogP contribution in [-0.4, -0.2) is 22.2 Å². The van der Waals surface area contributed by atoms with Gasteiger partial charge in [0.2, 0.25) is 5.96 Å². The van der Waals surface area contributed by atoms with E-state index in [0.717, 1.165) is 0 Å². The van der Waals surface area contributed by atoms with Crippen molar-refractivity contribution in [3.8, 4) is 0 Å². The summed E-state index contributed by atoms with van der Waals surface area (Å²) < 4.78 is 1.41. The molecule has 0 aromatic carbocycles. The van der Waals surface area contributed by atoms with Crippen LogP contribution in [0.2, 0.25) is 0 Å². The first kappa shape index (κ1) is 6.62. The van der Waals surface area contributed by atoms with Gasteiger partial charge < -0.3 is 0 Å². The van der Waals surface area contributed by atoms with Gasteiger partial charge in [0, 0.05) is 0 Å². The van der Waals surface area contributed by atoms with Crippen LogP contribution in [0.3, 0.4) is 0 Å². The molecule has 0 bridgehead atoms. The Hall–Kier alpha value is -0.500. The molecule has 1 rings (SSSR count). The highest BCUT2D eigenvalue weighted by Gasteiger charge is 2.17. The molecule has 0 atom stereocenters. The van der Waals surface area contributed by atoms with Crippen molar-refractivity contribution in [1.82, 2.24) is 15.0 Å². The predicted molar refractivity (Wildman–Crippen MR) is 36.5 cm³/mol. The molecule has 9 heavy (non-hydrogen) atoms. The Labute approximate surface area is 57.9 Å². The van der Waals surface area contributed by atoms with Crippen molar-refractivity contribution in [3.63, 3.8) is 0 Å². The SMILES string of the molecule is NNC1=NCN(S)N1N. The highest BCUT2D eigenvalue weighted by Crippen LogP contribution is 2.02. The van der Waals surface area contributed by atoms with Gasteiger partial charge in [0.25, 0.3) is 0 Å². The molecule has 6 nitrogen and oxygen atoms in total. The third-order valence-electron chi connectivity index (χ3n) is 0.942. The largest absolute Gasteiger partial charge is 0.292 e. The molecule has 0 aliphatic carbocycles. The van der Waals surface area contributed by atoms with E-state index in [1.807, 2.05) is 0 Å². The highest BCUT2D eigenvalue weighted by molar-refractivity contribution is 7.77. The summed E-state index contributed by atoms with van der Waals surface area (Å²) in [4.78, 5) is 3.85. The molecule has 0 fully saturated rings. The number of hydrazine groups is 3. The van der Waals surface area contributed by atoms with E-state index in [0.29, 0.717) is 12.6 Å². The van der Waals surface area contributed by atoms with Gasteiger partial charge in [-0.05, 0) is 0 Å². The van der Waals surface area contributed by atoms with Crippen molar-refractivity contribution >= 4 is 18.8 Å². The minimum atomic E-state index is 0.407. The molecule has 0 saturated heterocycles. The van der Waals surface area contributed by atoms with E-state index in [4.69, 9.17) is 11.7 Å². The fourth-order valence-corrected chi connectivity index (χ4v) is 0.640. The van der Waals surface area contributed by atoms with Crippen molar-refractivity contribution in [2.24, 2.45) is 16.7 Å². The third-order valence-corrected chi connectivity index (χ3v) is 1.26. The average Bonchev–Trinajstić information content (AvgIpc) is 2.15. The van der Waals surface area contributed by atoms with Gasteiger partial charge in [-0.15, -0.1) is 4.41 Å². The maximum absolute atomic E-state index is 5.34. The van der Waals surface area contributed by atoms with Crippen molar-refractivity contribution in [2.45, 2.75) is 0 Å². The zero-order valence-electron chi connectivity index (χ0n) is 4.65.